The third kappa shape index (κ3) is 3.57. The predicted octanol–water partition coefficient (Wildman–Crippen LogP) is 1.45. The Morgan fingerprint density at radius 3 is 2.54 bits per heavy atom. The van der Waals surface area contributed by atoms with Crippen molar-refractivity contribution in [2.24, 2.45) is 11.7 Å². The number of rotatable bonds is 5. The van der Waals surface area contributed by atoms with E-state index < -0.39 is 0 Å². The van der Waals surface area contributed by atoms with Gasteiger partial charge in [0.05, 0.1) is 6.61 Å². The Morgan fingerprint density at radius 1 is 1.31 bits per heavy atom. The molecule has 1 unspecified atom stereocenters. The summed E-state index contributed by atoms with van der Waals surface area (Å²) >= 11 is 0. The van der Waals surface area contributed by atoms with Gasteiger partial charge in [0.15, 0.2) is 0 Å². The summed E-state index contributed by atoms with van der Waals surface area (Å²) in [6.45, 7) is 1.42. The molecule has 0 spiro atoms. The number of nitrogens with two attached hydrogens (primary N) is 1. The van der Waals surface area contributed by atoms with Gasteiger partial charge in [-0.25, -0.2) is 0 Å². The normalized spacial score (nSPS) is 12.8. The van der Waals surface area contributed by atoms with Gasteiger partial charge in [-0.3, -0.25) is 0 Å². The van der Waals surface area contributed by atoms with Crippen molar-refractivity contribution in [1.82, 2.24) is 0 Å². The maximum absolute atomic E-state index is 5.63. The van der Waals surface area contributed by atoms with Crippen LogP contribution in [0.25, 0.3) is 0 Å². The van der Waals surface area contributed by atoms with Crippen molar-refractivity contribution in [2.45, 2.75) is 6.42 Å². The zero-order valence-corrected chi connectivity index (χ0v) is 8.07. The van der Waals surface area contributed by atoms with E-state index in [2.05, 4.69) is 24.3 Å². The summed E-state index contributed by atoms with van der Waals surface area (Å²) in [5.41, 5.74) is 6.96. The SMILES string of the molecule is COCC(CN)Cc1ccccc1. The van der Waals surface area contributed by atoms with E-state index in [0.717, 1.165) is 13.0 Å². The average Bonchev–Trinajstić information content (AvgIpc) is 2.19. The lowest BCUT2D eigenvalue weighted by Crippen LogP contribution is -2.21. The summed E-state index contributed by atoms with van der Waals surface area (Å²) in [6, 6.07) is 10.4. The maximum Gasteiger partial charge on any atom is 0.0505 e. The number of benzene rings is 1. The Balaban J connectivity index is 2.46. The number of hydrogen-bond acceptors (Lipinski definition) is 2. The summed E-state index contributed by atoms with van der Waals surface area (Å²) in [7, 11) is 1.72. The number of ether oxygens (including phenoxy) is 1. The van der Waals surface area contributed by atoms with Crippen molar-refractivity contribution in [3.63, 3.8) is 0 Å². The lowest BCUT2D eigenvalue weighted by molar-refractivity contribution is 0.155. The Kier molecular flexibility index (Phi) is 4.50. The van der Waals surface area contributed by atoms with E-state index in [1.807, 2.05) is 6.07 Å². The fourth-order valence-corrected chi connectivity index (χ4v) is 1.39. The lowest BCUT2D eigenvalue weighted by atomic mass is 10.0. The van der Waals surface area contributed by atoms with Crippen LogP contribution in [0.1, 0.15) is 5.56 Å². The van der Waals surface area contributed by atoms with E-state index in [4.69, 9.17) is 10.5 Å². The Bertz CT molecular complexity index is 223. The standard InChI is InChI=1S/C11H17NO/c1-13-9-11(8-12)7-10-5-3-2-4-6-10/h2-6,11H,7-9,12H2,1H3. The lowest BCUT2D eigenvalue weighted by Gasteiger charge is -2.12. The first-order valence-corrected chi connectivity index (χ1v) is 4.59. The molecule has 0 saturated carbocycles. The molecule has 2 nitrogen and oxygen atoms in total. The van der Waals surface area contributed by atoms with Gasteiger partial charge in [-0.2, -0.15) is 0 Å². The van der Waals surface area contributed by atoms with Crippen molar-refractivity contribution < 1.29 is 4.74 Å². The molecule has 0 fully saturated rings. The van der Waals surface area contributed by atoms with Gasteiger partial charge in [-0.05, 0) is 24.4 Å². The molecule has 0 aromatic heterocycles. The largest absolute Gasteiger partial charge is 0.384 e. The molecule has 1 rings (SSSR count). The van der Waals surface area contributed by atoms with Gasteiger partial charge in [0.1, 0.15) is 0 Å². The molecule has 0 radical (unpaired) electrons. The molecule has 0 aliphatic rings. The van der Waals surface area contributed by atoms with Crippen LogP contribution in [0.5, 0.6) is 0 Å². The van der Waals surface area contributed by atoms with E-state index in [1.165, 1.54) is 5.56 Å². The summed E-state index contributed by atoms with van der Waals surface area (Å²) in [4.78, 5) is 0. The van der Waals surface area contributed by atoms with Gasteiger partial charge in [0, 0.05) is 7.11 Å². The molecule has 0 aliphatic heterocycles. The van der Waals surface area contributed by atoms with Crippen LogP contribution >= 0.6 is 0 Å². The summed E-state index contributed by atoms with van der Waals surface area (Å²) in [5, 5.41) is 0. The molecule has 0 heterocycles. The highest BCUT2D eigenvalue weighted by atomic mass is 16.5. The Morgan fingerprint density at radius 2 is 2.00 bits per heavy atom. The maximum atomic E-state index is 5.63. The minimum Gasteiger partial charge on any atom is -0.384 e. The van der Waals surface area contributed by atoms with Crippen molar-refractivity contribution >= 4 is 0 Å². The molecule has 1 aromatic rings. The average molecular weight is 179 g/mol. The molecule has 13 heavy (non-hydrogen) atoms. The Labute approximate surface area is 79.7 Å². The second-order valence-corrected chi connectivity index (χ2v) is 3.25. The first-order valence-electron chi connectivity index (χ1n) is 4.59. The second-order valence-electron chi connectivity index (χ2n) is 3.25. The van der Waals surface area contributed by atoms with E-state index in [1.54, 1.807) is 7.11 Å². The highest BCUT2D eigenvalue weighted by Crippen LogP contribution is 2.07. The van der Waals surface area contributed by atoms with E-state index in [0.29, 0.717) is 12.5 Å². The first kappa shape index (κ1) is 10.2. The van der Waals surface area contributed by atoms with Gasteiger partial charge in [-0.1, -0.05) is 30.3 Å². The van der Waals surface area contributed by atoms with E-state index >= 15 is 0 Å². The van der Waals surface area contributed by atoms with Crippen LogP contribution in [0.2, 0.25) is 0 Å². The molecule has 2 heteroatoms. The smallest absolute Gasteiger partial charge is 0.0505 e. The number of hydrogen-bond donors (Lipinski definition) is 1. The quantitative estimate of drug-likeness (QED) is 0.742. The van der Waals surface area contributed by atoms with Crippen LogP contribution in [0, 0.1) is 5.92 Å². The number of methoxy groups -OCH3 is 1. The molecular formula is C11H17NO. The van der Waals surface area contributed by atoms with Gasteiger partial charge in [0.25, 0.3) is 0 Å². The molecule has 0 bridgehead atoms. The molecule has 72 valence electrons. The fraction of sp³-hybridized carbons (Fsp3) is 0.455. The third-order valence-electron chi connectivity index (χ3n) is 2.10. The minimum atomic E-state index is 0.437. The highest BCUT2D eigenvalue weighted by Gasteiger charge is 2.06. The molecule has 0 aliphatic carbocycles. The van der Waals surface area contributed by atoms with Crippen LogP contribution in [0.15, 0.2) is 30.3 Å². The van der Waals surface area contributed by atoms with Gasteiger partial charge in [-0.15, -0.1) is 0 Å². The molecule has 1 atom stereocenters. The van der Waals surface area contributed by atoms with E-state index in [9.17, 15) is 0 Å². The highest BCUT2D eigenvalue weighted by molar-refractivity contribution is 5.15. The topological polar surface area (TPSA) is 35.2 Å². The summed E-state index contributed by atoms with van der Waals surface area (Å²) in [5.74, 6) is 0.437. The van der Waals surface area contributed by atoms with Crippen molar-refractivity contribution in [2.75, 3.05) is 20.3 Å². The van der Waals surface area contributed by atoms with Gasteiger partial charge >= 0.3 is 0 Å². The summed E-state index contributed by atoms with van der Waals surface area (Å²) < 4.78 is 5.09. The van der Waals surface area contributed by atoms with Crippen molar-refractivity contribution in [3.05, 3.63) is 35.9 Å². The van der Waals surface area contributed by atoms with Crippen LogP contribution in [-0.4, -0.2) is 20.3 Å². The van der Waals surface area contributed by atoms with Crippen molar-refractivity contribution in [1.29, 1.82) is 0 Å². The van der Waals surface area contributed by atoms with Gasteiger partial charge in [0.2, 0.25) is 0 Å². The minimum absolute atomic E-state index is 0.437. The zero-order valence-electron chi connectivity index (χ0n) is 8.07. The van der Waals surface area contributed by atoms with Crippen LogP contribution < -0.4 is 5.73 Å². The Hall–Kier alpha value is -0.860. The van der Waals surface area contributed by atoms with Crippen LogP contribution in [-0.2, 0) is 11.2 Å². The first-order chi connectivity index (χ1) is 6.36. The van der Waals surface area contributed by atoms with Crippen LogP contribution in [0.4, 0.5) is 0 Å². The second kappa shape index (κ2) is 5.73. The van der Waals surface area contributed by atoms with Gasteiger partial charge < -0.3 is 10.5 Å². The van der Waals surface area contributed by atoms with Crippen molar-refractivity contribution in [3.8, 4) is 0 Å². The molecule has 1 aromatic carbocycles. The third-order valence-corrected chi connectivity index (χ3v) is 2.10. The fourth-order valence-electron chi connectivity index (χ4n) is 1.39. The molecular weight excluding hydrogens is 162 g/mol. The molecule has 0 amide bonds. The molecule has 2 N–H and O–H groups in total. The molecule has 0 saturated heterocycles. The van der Waals surface area contributed by atoms with E-state index in [-0.39, 0.29) is 0 Å². The predicted molar refractivity (Wildman–Crippen MR) is 54.6 cm³/mol. The van der Waals surface area contributed by atoms with Crippen LogP contribution in [0.3, 0.4) is 0 Å². The monoisotopic (exact) mass is 179 g/mol. The zero-order chi connectivity index (χ0) is 9.52. The summed E-state index contributed by atoms with van der Waals surface area (Å²) in [6.07, 6.45) is 1.01.